The SMILES string of the molecule is Cl.O=C=Nc1ccc(C(=O)O)cc1. The van der Waals surface area contributed by atoms with Crippen molar-refractivity contribution in [3.05, 3.63) is 29.8 Å². The molecule has 0 aliphatic rings. The lowest BCUT2D eigenvalue weighted by atomic mass is 10.2. The highest BCUT2D eigenvalue weighted by Gasteiger charge is 1.99. The zero-order valence-electron chi connectivity index (χ0n) is 6.43. The summed E-state index contributed by atoms with van der Waals surface area (Å²) in [5.74, 6) is -1.00. The van der Waals surface area contributed by atoms with Gasteiger partial charge in [0.25, 0.3) is 0 Å². The molecule has 0 aliphatic heterocycles. The Morgan fingerprint density at radius 2 is 1.85 bits per heavy atom. The van der Waals surface area contributed by atoms with Gasteiger partial charge in [-0.3, -0.25) is 0 Å². The number of aromatic carboxylic acids is 1. The van der Waals surface area contributed by atoms with Crippen molar-refractivity contribution in [3.8, 4) is 0 Å². The van der Waals surface area contributed by atoms with Gasteiger partial charge in [-0.15, -0.1) is 12.4 Å². The number of carbonyl (C=O) groups excluding carboxylic acids is 1. The maximum atomic E-state index is 10.4. The first-order valence-electron chi connectivity index (χ1n) is 3.15. The first kappa shape index (κ1) is 11.4. The molecule has 1 N–H and O–H groups in total. The largest absolute Gasteiger partial charge is 0.478 e. The molecule has 0 unspecified atom stereocenters. The van der Waals surface area contributed by atoms with Crippen LogP contribution < -0.4 is 0 Å². The second kappa shape index (κ2) is 5.09. The number of rotatable bonds is 2. The van der Waals surface area contributed by atoms with Gasteiger partial charge >= 0.3 is 5.97 Å². The topological polar surface area (TPSA) is 66.7 Å². The molecule has 1 aromatic carbocycles. The first-order chi connectivity index (χ1) is 5.74. The van der Waals surface area contributed by atoms with Crippen molar-refractivity contribution in [1.29, 1.82) is 0 Å². The molecule has 0 spiro atoms. The van der Waals surface area contributed by atoms with E-state index >= 15 is 0 Å². The number of carbonyl (C=O) groups is 1. The highest BCUT2D eigenvalue weighted by Crippen LogP contribution is 2.11. The van der Waals surface area contributed by atoms with Gasteiger partial charge in [-0.1, -0.05) is 0 Å². The maximum absolute atomic E-state index is 10.4. The average Bonchev–Trinajstić information content (AvgIpc) is 2.06. The van der Waals surface area contributed by atoms with E-state index in [9.17, 15) is 9.59 Å². The Kier molecular flexibility index (Phi) is 4.44. The van der Waals surface area contributed by atoms with E-state index in [1.165, 1.54) is 30.3 Å². The Bertz CT molecular complexity index is 320. The third kappa shape index (κ3) is 3.07. The van der Waals surface area contributed by atoms with Gasteiger partial charge in [-0.25, -0.2) is 9.59 Å². The standard InChI is InChI=1S/C8H5NO3.ClH/c10-5-9-7-3-1-6(2-4-7)8(11)12;/h1-4H,(H,11,12);1H. The lowest BCUT2D eigenvalue weighted by molar-refractivity contribution is 0.0697. The van der Waals surface area contributed by atoms with Crippen LogP contribution in [0.3, 0.4) is 0 Å². The minimum Gasteiger partial charge on any atom is -0.478 e. The van der Waals surface area contributed by atoms with Gasteiger partial charge < -0.3 is 5.11 Å². The Labute approximate surface area is 80.3 Å². The fourth-order valence-electron chi connectivity index (χ4n) is 0.731. The Morgan fingerprint density at radius 3 is 2.23 bits per heavy atom. The van der Waals surface area contributed by atoms with Crippen molar-refractivity contribution < 1.29 is 14.7 Å². The van der Waals surface area contributed by atoms with Crippen molar-refractivity contribution >= 4 is 30.1 Å². The smallest absolute Gasteiger partial charge is 0.335 e. The molecule has 0 amide bonds. The van der Waals surface area contributed by atoms with E-state index in [0.29, 0.717) is 5.69 Å². The molecule has 5 heteroatoms. The van der Waals surface area contributed by atoms with Crippen molar-refractivity contribution in [1.82, 2.24) is 0 Å². The molecular formula is C8H6ClNO3. The fraction of sp³-hybridized carbons (Fsp3) is 0. The Morgan fingerprint density at radius 1 is 1.31 bits per heavy atom. The van der Waals surface area contributed by atoms with Crippen molar-refractivity contribution in [2.24, 2.45) is 4.99 Å². The molecule has 0 aromatic heterocycles. The van der Waals surface area contributed by atoms with Crippen LogP contribution in [-0.2, 0) is 4.79 Å². The van der Waals surface area contributed by atoms with Crippen LogP contribution in [-0.4, -0.2) is 17.2 Å². The van der Waals surface area contributed by atoms with E-state index < -0.39 is 5.97 Å². The molecule has 13 heavy (non-hydrogen) atoms. The number of carboxylic acids is 1. The molecule has 0 radical (unpaired) electrons. The molecule has 0 saturated heterocycles. The predicted octanol–water partition coefficient (Wildman–Crippen LogP) is 1.77. The van der Waals surface area contributed by atoms with Crippen molar-refractivity contribution in [3.63, 3.8) is 0 Å². The summed E-state index contributed by atoms with van der Waals surface area (Å²) in [5.41, 5.74) is 0.565. The number of halogens is 1. The monoisotopic (exact) mass is 199 g/mol. The maximum Gasteiger partial charge on any atom is 0.335 e. The van der Waals surface area contributed by atoms with E-state index in [2.05, 4.69) is 4.99 Å². The number of isocyanates is 1. The predicted molar refractivity (Wildman–Crippen MR) is 48.4 cm³/mol. The minimum atomic E-state index is -1.00. The third-order valence-electron chi connectivity index (χ3n) is 1.29. The first-order valence-corrected chi connectivity index (χ1v) is 3.15. The molecule has 0 fully saturated rings. The van der Waals surface area contributed by atoms with Gasteiger partial charge in [0.1, 0.15) is 0 Å². The fourth-order valence-corrected chi connectivity index (χ4v) is 0.731. The summed E-state index contributed by atoms with van der Waals surface area (Å²) in [4.78, 5) is 23.5. The van der Waals surface area contributed by atoms with Crippen LogP contribution in [0.25, 0.3) is 0 Å². The van der Waals surface area contributed by atoms with Crippen LogP contribution in [0.15, 0.2) is 29.3 Å². The van der Waals surface area contributed by atoms with Crippen LogP contribution in [0, 0.1) is 0 Å². The molecular weight excluding hydrogens is 194 g/mol. The molecule has 1 aromatic rings. The average molecular weight is 200 g/mol. The van der Waals surface area contributed by atoms with E-state index in [1.54, 1.807) is 0 Å². The Hall–Kier alpha value is -1.64. The summed E-state index contributed by atoms with van der Waals surface area (Å²) < 4.78 is 0. The highest BCUT2D eigenvalue weighted by atomic mass is 35.5. The van der Waals surface area contributed by atoms with Crippen LogP contribution in [0.2, 0.25) is 0 Å². The Balaban J connectivity index is 0.00000144. The summed E-state index contributed by atoms with van der Waals surface area (Å²) in [6, 6.07) is 5.62. The van der Waals surface area contributed by atoms with Crippen molar-refractivity contribution in [2.45, 2.75) is 0 Å². The molecule has 0 bridgehead atoms. The van der Waals surface area contributed by atoms with Crippen LogP contribution >= 0.6 is 12.4 Å². The van der Waals surface area contributed by atoms with Gasteiger partial charge in [0.2, 0.25) is 6.08 Å². The molecule has 68 valence electrons. The van der Waals surface area contributed by atoms with E-state index in [4.69, 9.17) is 5.11 Å². The molecule has 1 rings (SSSR count). The van der Waals surface area contributed by atoms with Gasteiger partial charge in [-0.05, 0) is 24.3 Å². The summed E-state index contributed by atoms with van der Waals surface area (Å²) in [5, 5.41) is 8.50. The summed E-state index contributed by atoms with van der Waals surface area (Å²) in [6.45, 7) is 0. The normalized spacial score (nSPS) is 8.00. The van der Waals surface area contributed by atoms with Crippen LogP contribution in [0.4, 0.5) is 5.69 Å². The second-order valence-corrected chi connectivity index (χ2v) is 2.06. The summed E-state index contributed by atoms with van der Waals surface area (Å²) in [6.07, 6.45) is 1.36. The minimum absolute atomic E-state index is 0. The number of hydrogen-bond donors (Lipinski definition) is 1. The van der Waals surface area contributed by atoms with Gasteiger partial charge in [0.15, 0.2) is 0 Å². The number of benzene rings is 1. The zero-order chi connectivity index (χ0) is 8.97. The second-order valence-electron chi connectivity index (χ2n) is 2.06. The highest BCUT2D eigenvalue weighted by molar-refractivity contribution is 5.87. The van der Waals surface area contributed by atoms with Crippen molar-refractivity contribution in [2.75, 3.05) is 0 Å². The van der Waals surface area contributed by atoms with Crippen LogP contribution in [0.1, 0.15) is 10.4 Å². The number of carboxylic acid groups (broad SMARTS) is 1. The van der Waals surface area contributed by atoms with Gasteiger partial charge in [-0.2, -0.15) is 4.99 Å². The van der Waals surface area contributed by atoms with Crippen LogP contribution in [0.5, 0.6) is 0 Å². The number of nitrogens with zero attached hydrogens (tertiary/aromatic N) is 1. The third-order valence-corrected chi connectivity index (χ3v) is 1.29. The van der Waals surface area contributed by atoms with Gasteiger partial charge in [0, 0.05) is 0 Å². The molecule has 0 atom stereocenters. The molecule has 0 saturated carbocycles. The van der Waals surface area contributed by atoms with E-state index in [0.717, 1.165) is 0 Å². The number of hydrogen-bond acceptors (Lipinski definition) is 3. The zero-order valence-corrected chi connectivity index (χ0v) is 7.25. The summed E-state index contributed by atoms with van der Waals surface area (Å²) >= 11 is 0. The molecule has 0 aliphatic carbocycles. The van der Waals surface area contributed by atoms with E-state index in [-0.39, 0.29) is 18.0 Å². The summed E-state index contributed by atoms with van der Waals surface area (Å²) in [7, 11) is 0. The molecule has 0 heterocycles. The lowest BCUT2D eigenvalue weighted by Crippen LogP contribution is -1.93. The number of aliphatic imine (C=N–C) groups is 1. The molecule has 4 nitrogen and oxygen atoms in total. The van der Waals surface area contributed by atoms with E-state index in [1.807, 2.05) is 0 Å². The lowest BCUT2D eigenvalue weighted by Gasteiger charge is -1.92. The quantitative estimate of drug-likeness (QED) is 0.583. The van der Waals surface area contributed by atoms with Gasteiger partial charge in [0.05, 0.1) is 11.3 Å².